The maximum absolute atomic E-state index is 5.58. The number of hydrogen-bond acceptors (Lipinski definition) is 4. The van der Waals surface area contributed by atoms with Crippen molar-refractivity contribution in [3.8, 4) is 17.2 Å². The second-order valence-electron chi connectivity index (χ2n) is 4.55. The summed E-state index contributed by atoms with van der Waals surface area (Å²) in [4.78, 5) is 4.46. The topological polar surface area (TPSA) is 61.3 Å². The third-order valence-electron chi connectivity index (χ3n) is 3.00. The average Bonchev–Trinajstić information content (AvgIpc) is 2.82. The van der Waals surface area contributed by atoms with Crippen LogP contribution in [0.2, 0.25) is 0 Å². The molecule has 4 heteroatoms. The van der Waals surface area contributed by atoms with E-state index < -0.39 is 0 Å². The molecule has 0 fully saturated rings. The lowest BCUT2D eigenvalue weighted by atomic mass is 10.0. The highest BCUT2D eigenvalue weighted by molar-refractivity contribution is 5.62. The predicted molar refractivity (Wildman–Crippen MR) is 75.3 cm³/mol. The van der Waals surface area contributed by atoms with Gasteiger partial charge < -0.3 is 14.9 Å². The Morgan fingerprint density at radius 2 is 2.05 bits per heavy atom. The van der Waals surface area contributed by atoms with Crippen LogP contribution < -0.4 is 10.5 Å². The van der Waals surface area contributed by atoms with E-state index in [0.29, 0.717) is 19.0 Å². The lowest BCUT2D eigenvalue weighted by Crippen LogP contribution is -2.02. The van der Waals surface area contributed by atoms with Gasteiger partial charge in [-0.1, -0.05) is 0 Å². The van der Waals surface area contributed by atoms with Gasteiger partial charge in [-0.25, -0.2) is 4.98 Å². The van der Waals surface area contributed by atoms with E-state index in [0.717, 1.165) is 34.6 Å². The van der Waals surface area contributed by atoms with Gasteiger partial charge in [-0.3, -0.25) is 0 Å². The summed E-state index contributed by atoms with van der Waals surface area (Å²) in [5, 5.41) is 0. The molecular formula is C15H20N2O2. The Morgan fingerprint density at radius 3 is 2.74 bits per heavy atom. The number of aromatic nitrogens is 1. The van der Waals surface area contributed by atoms with Gasteiger partial charge in [0.05, 0.1) is 12.3 Å². The van der Waals surface area contributed by atoms with Crippen LogP contribution in [0, 0.1) is 13.8 Å². The molecule has 0 unspecified atom stereocenters. The fourth-order valence-corrected chi connectivity index (χ4v) is 2.02. The van der Waals surface area contributed by atoms with Gasteiger partial charge >= 0.3 is 0 Å². The summed E-state index contributed by atoms with van der Waals surface area (Å²) in [6.07, 6.45) is 2.41. The summed E-state index contributed by atoms with van der Waals surface area (Å²) in [5.41, 5.74) is 9.59. The Balaban J connectivity index is 2.36. The fraction of sp³-hybridized carbons (Fsp3) is 0.400. The molecule has 1 heterocycles. The summed E-state index contributed by atoms with van der Waals surface area (Å²) in [6, 6.07) is 4.08. The number of nitrogens with two attached hydrogens (primary N) is 1. The molecule has 0 amide bonds. The summed E-state index contributed by atoms with van der Waals surface area (Å²) in [5.74, 6) is 1.56. The second kappa shape index (κ2) is 5.89. The number of aryl methyl sites for hydroxylation is 2. The van der Waals surface area contributed by atoms with E-state index in [1.54, 1.807) is 6.26 Å². The van der Waals surface area contributed by atoms with E-state index in [1.165, 1.54) is 0 Å². The number of oxazole rings is 1. The molecule has 2 N–H and O–H groups in total. The summed E-state index contributed by atoms with van der Waals surface area (Å²) < 4.78 is 11.1. The standard InChI is InChI=1S/C15H20N2O2/c1-4-18-14-8-10(2)13(7-11(14)3)15-17-12(5-6-16)9-19-15/h7-9H,4-6,16H2,1-3H3. The molecule has 0 saturated heterocycles. The minimum atomic E-state index is 0.577. The van der Waals surface area contributed by atoms with Crippen LogP contribution in [0.25, 0.3) is 11.5 Å². The quantitative estimate of drug-likeness (QED) is 0.898. The molecule has 0 bridgehead atoms. The SMILES string of the molecule is CCOc1cc(C)c(-c2nc(CCN)co2)cc1C. The molecule has 1 aromatic heterocycles. The van der Waals surface area contributed by atoms with Gasteiger partial charge in [-0.15, -0.1) is 0 Å². The highest BCUT2D eigenvalue weighted by atomic mass is 16.5. The smallest absolute Gasteiger partial charge is 0.226 e. The van der Waals surface area contributed by atoms with Crippen molar-refractivity contribution in [2.24, 2.45) is 5.73 Å². The summed E-state index contributed by atoms with van der Waals surface area (Å²) in [6.45, 7) is 7.28. The highest BCUT2D eigenvalue weighted by Gasteiger charge is 2.12. The number of ether oxygens (including phenoxy) is 1. The van der Waals surface area contributed by atoms with Crippen LogP contribution in [-0.2, 0) is 6.42 Å². The van der Waals surface area contributed by atoms with E-state index in [1.807, 2.05) is 26.8 Å². The van der Waals surface area contributed by atoms with Crippen LogP contribution in [0.4, 0.5) is 0 Å². The van der Waals surface area contributed by atoms with Crippen molar-refractivity contribution in [3.05, 3.63) is 35.2 Å². The van der Waals surface area contributed by atoms with Gasteiger partial charge in [0.2, 0.25) is 5.89 Å². The molecule has 0 aliphatic heterocycles. The van der Waals surface area contributed by atoms with Crippen LogP contribution >= 0.6 is 0 Å². The molecule has 0 spiro atoms. The molecule has 0 aliphatic carbocycles. The molecule has 2 aromatic rings. The van der Waals surface area contributed by atoms with Gasteiger partial charge in [0, 0.05) is 12.0 Å². The zero-order valence-electron chi connectivity index (χ0n) is 11.7. The van der Waals surface area contributed by atoms with Crippen molar-refractivity contribution in [1.29, 1.82) is 0 Å². The van der Waals surface area contributed by atoms with Gasteiger partial charge in [0.25, 0.3) is 0 Å². The minimum absolute atomic E-state index is 0.577. The maximum Gasteiger partial charge on any atom is 0.226 e. The monoisotopic (exact) mass is 260 g/mol. The second-order valence-corrected chi connectivity index (χ2v) is 4.55. The predicted octanol–water partition coefficient (Wildman–Crippen LogP) is 2.86. The molecular weight excluding hydrogens is 240 g/mol. The Hall–Kier alpha value is -1.81. The van der Waals surface area contributed by atoms with Crippen molar-refractivity contribution in [3.63, 3.8) is 0 Å². The molecule has 2 rings (SSSR count). The van der Waals surface area contributed by atoms with Crippen LogP contribution in [0.15, 0.2) is 22.8 Å². The van der Waals surface area contributed by atoms with Crippen molar-refractivity contribution in [2.45, 2.75) is 27.2 Å². The number of nitrogens with zero attached hydrogens (tertiary/aromatic N) is 1. The maximum atomic E-state index is 5.58. The van der Waals surface area contributed by atoms with Crippen LogP contribution in [0.1, 0.15) is 23.7 Å². The molecule has 0 atom stereocenters. The Bertz CT molecular complexity index is 561. The van der Waals surface area contributed by atoms with Crippen LogP contribution in [-0.4, -0.2) is 18.1 Å². The van der Waals surface area contributed by atoms with E-state index in [4.69, 9.17) is 14.9 Å². The molecule has 102 valence electrons. The van der Waals surface area contributed by atoms with Gasteiger partial charge in [-0.05, 0) is 50.6 Å². The van der Waals surface area contributed by atoms with E-state index in [-0.39, 0.29) is 0 Å². The lowest BCUT2D eigenvalue weighted by Gasteiger charge is -2.10. The van der Waals surface area contributed by atoms with Crippen molar-refractivity contribution in [1.82, 2.24) is 4.98 Å². The van der Waals surface area contributed by atoms with Crippen LogP contribution in [0.5, 0.6) is 5.75 Å². The average molecular weight is 260 g/mol. The van der Waals surface area contributed by atoms with Crippen molar-refractivity contribution < 1.29 is 9.15 Å². The highest BCUT2D eigenvalue weighted by Crippen LogP contribution is 2.29. The van der Waals surface area contributed by atoms with Gasteiger partial charge in [0.1, 0.15) is 12.0 Å². The van der Waals surface area contributed by atoms with Gasteiger partial charge in [0.15, 0.2) is 0 Å². The van der Waals surface area contributed by atoms with Gasteiger partial charge in [-0.2, -0.15) is 0 Å². The molecule has 4 nitrogen and oxygen atoms in total. The van der Waals surface area contributed by atoms with Crippen LogP contribution in [0.3, 0.4) is 0 Å². The Kier molecular flexibility index (Phi) is 4.22. The zero-order chi connectivity index (χ0) is 13.8. The molecule has 1 aromatic carbocycles. The fourth-order valence-electron chi connectivity index (χ4n) is 2.02. The van der Waals surface area contributed by atoms with Crippen molar-refractivity contribution in [2.75, 3.05) is 13.2 Å². The first-order chi connectivity index (χ1) is 9.15. The molecule has 19 heavy (non-hydrogen) atoms. The third kappa shape index (κ3) is 2.96. The van der Waals surface area contributed by atoms with E-state index >= 15 is 0 Å². The summed E-state index contributed by atoms with van der Waals surface area (Å²) in [7, 11) is 0. The first-order valence-corrected chi connectivity index (χ1v) is 6.54. The molecule has 0 radical (unpaired) electrons. The number of benzene rings is 1. The largest absolute Gasteiger partial charge is 0.494 e. The number of hydrogen-bond donors (Lipinski definition) is 1. The Labute approximate surface area is 113 Å². The Morgan fingerprint density at radius 1 is 1.26 bits per heavy atom. The molecule has 0 saturated carbocycles. The van der Waals surface area contributed by atoms with Crippen molar-refractivity contribution >= 4 is 0 Å². The lowest BCUT2D eigenvalue weighted by molar-refractivity contribution is 0.337. The van der Waals surface area contributed by atoms with E-state index in [9.17, 15) is 0 Å². The minimum Gasteiger partial charge on any atom is -0.494 e. The third-order valence-corrected chi connectivity index (χ3v) is 3.00. The molecule has 0 aliphatic rings. The number of rotatable bonds is 5. The normalized spacial score (nSPS) is 10.7. The first kappa shape index (κ1) is 13.6. The zero-order valence-corrected chi connectivity index (χ0v) is 11.7. The van der Waals surface area contributed by atoms with E-state index in [2.05, 4.69) is 11.1 Å². The first-order valence-electron chi connectivity index (χ1n) is 6.54. The summed E-state index contributed by atoms with van der Waals surface area (Å²) >= 11 is 0.